The largest absolute Gasteiger partial charge is 0.465 e. The van der Waals surface area contributed by atoms with Crippen LogP contribution in [0, 0.1) is 0 Å². The third kappa shape index (κ3) is 13.6. The first-order valence-electron chi connectivity index (χ1n) is 20.6. The molecule has 0 saturated carbocycles. The van der Waals surface area contributed by atoms with Gasteiger partial charge < -0.3 is 70.5 Å². The molecule has 27 heteroatoms. The Labute approximate surface area is 381 Å². The third-order valence-electron chi connectivity index (χ3n) is 9.48. The molecule has 356 valence electrons. The highest BCUT2D eigenvalue weighted by molar-refractivity contribution is 6.05. The fraction of sp³-hybridized carbons (Fsp3) is 0.350. The van der Waals surface area contributed by atoms with E-state index >= 15 is 0 Å². The molecule has 0 aromatic carbocycles. The van der Waals surface area contributed by atoms with Gasteiger partial charge in [-0.25, -0.2) is 19.7 Å². The molecule has 0 aliphatic rings. The Hall–Kier alpha value is -8.78. The van der Waals surface area contributed by atoms with Crippen molar-refractivity contribution < 1.29 is 48.3 Å². The van der Waals surface area contributed by atoms with E-state index in [4.69, 9.17) is 5.11 Å². The number of aromatic nitrogens is 8. The molecule has 9 amide bonds. The number of hydrogen-bond donors (Lipinski definition) is 10. The molecule has 0 unspecified atom stereocenters. The molecule has 0 saturated heterocycles. The van der Waals surface area contributed by atoms with Crippen LogP contribution >= 0.6 is 0 Å². The van der Waals surface area contributed by atoms with Gasteiger partial charge in [-0.05, 0) is 18.6 Å². The van der Waals surface area contributed by atoms with Crippen molar-refractivity contribution in [3.63, 3.8) is 0 Å². The lowest BCUT2D eigenvalue weighted by Gasteiger charge is -2.06. The lowest BCUT2D eigenvalue weighted by atomic mass is 10.3. The number of carboxylic acid groups (broad SMARTS) is 1. The molecule has 0 fully saturated rings. The Morgan fingerprint density at radius 2 is 0.821 bits per heavy atom. The van der Waals surface area contributed by atoms with Crippen molar-refractivity contribution in [3.05, 3.63) is 72.0 Å². The van der Waals surface area contributed by atoms with Crippen molar-refractivity contribution in [3.8, 4) is 0 Å². The summed E-state index contributed by atoms with van der Waals surface area (Å²) in [6.07, 6.45) is 6.48. The SMILES string of the molecule is CCCNC(=O)CCNC(=O)c1nc(NC(=O)CCNC(=O)c2cc(NC(=O)c3nc(NC(=O)CCNC(=O)c4cc(NC(=O)c5nc(NC(=O)O)cn5C)cn4C)cn3C)cn2C)cn1C. The summed E-state index contributed by atoms with van der Waals surface area (Å²) in [5, 5.41) is 32.0. The summed E-state index contributed by atoms with van der Waals surface area (Å²) >= 11 is 0. The molecule has 5 aromatic rings. The van der Waals surface area contributed by atoms with Crippen LogP contribution < -0.4 is 47.9 Å². The molecule has 10 N–H and O–H groups in total. The summed E-state index contributed by atoms with van der Waals surface area (Å²) in [6, 6.07) is 2.84. The average Bonchev–Trinajstić information content (AvgIpc) is 4.08. The van der Waals surface area contributed by atoms with Crippen LogP contribution in [0.15, 0.2) is 43.1 Å². The molecule has 0 bridgehead atoms. The molecule has 5 rings (SSSR count). The summed E-state index contributed by atoms with van der Waals surface area (Å²) in [7, 11) is 7.81. The maximum Gasteiger partial charge on any atom is 0.410 e. The van der Waals surface area contributed by atoms with Gasteiger partial charge in [-0.15, -0.1) is 0 Å². The van der Waals surface area contributed by atoms with Crippen LogP contribution in [0.1, 0.15) is 85.4 Å². The van der Waals surface area contributed by atoms with Gasteiger partial charge in [0.05, 0.1) is 11.4 Å². The zero-order valence-electron chi connectivity index (χ0n) is 37.4. The van der Waals surface area contributed by atoms with Crippen LogP contribution in [0.2, 0.25) is 0 Å². The van der Waals surface area contributed by atoms with E-state index in [2.05, 4.69) is 62.8 Å². The molecule has 0 spiro atoms. The molecule has 0 radical (unpaired) electrons. The van der Waals surface area contributed by atoms with Crippen molar-refractivity contribution in [2.45, 2.75) is 32.6 Å². The smallest absolute Gasteiger partial charge is 0.410 e. The monoisotopic (exact) mass is 929 g/mol. The van der Waals surface area contributed by atoms with E-state index in [0.29, 0.717) is 6.54 Å². The Morgan fingerprint density at radius 3 is 1.22 bits per heavy atom. The summed E-state index contributed by atoms with van der Waals surface area (Å²) in [5.41, 5.74) is 0.868. The van der Waals surface area contributed by atoms with Gasteiger partial charge in [0.25, 0.3) is 29.5 Å². The molecule has 5 heterocycles. The first-order valence-corrected chi connectivity index (χ1v) is 20.6. The van der Waals surface area contributed by atoms with Gasteiger partial charge in [-0.1, -0.05) is 6.92 Å². The number of anilines is 5. The maximum absolute atomic E-state index is 13.2. The summed E-state index contributed by atoms with van der Waals surface area (Å²) in [5.74, 6) is -4.01. The van der Waals surface area contributed by atoms with E-state index in [9.17, 15) is 43.2 Å². The van der Waals surface area contributed by atoms with Crippen LogP contribution in [0.25, 0.3) is 0 Å². The number of amides is 9. The van der Waals surface area contributed by atoms with Crippen molar-refractivity contribution in [1.29, 1.82) is 0 Å². The van der Waals surface area contributed by atoms with E-state index in [1.807, 2.05) is 6.92 Å². The number of carbonyl (C=O) groups is 9. The second-order valence-corrected chi connectivity index (χ2v) is 14.9. The van der Waals surface area contributed by atoms with Crippen molar-refractivity contribution in [2.24, 2.45) is 35.2 Å². The van der Waals surface area contributed by atoms with Crippen LogP contribution in [0.4, 0.5) is 33.6 Å². The first kappa shape index (κ1) is 49.2. The van der Waals surface area contributed by atoms with E-state index < -0.39 is 47.4 Å². The predicted molar refractivity (Wildman–Crippen MR) is 239 cm³/mol. The number of carbonyl (C=O) groups excluding carboxylic acids is 8. The number of rotatable bonds is 21. The molecule has 67 heavy (non-hydrogen) atoms. The highest BCUT2D eigenvalue weighted by atomic mass is 16.4. The van der Waals surface area contributed by atoms with E-state index in [-0.39, 0.29) is 102 Å². The van der Waals surface area contributed by atoms with Gasteiger partial charge in [0.2, 0.25) is 35.2 Å². The average molecular weight is 930 g/mol. The third-order valence-corrected chi connectivity index (χ3v) is 9.48. The van der Waals surface area contributed by atoms with E-state index in [1.165, 1.54) is 73.0 Å². The summed E-state index contributed by atoms with van der Waals surface area (Å²) in [4.78, 5) is 125. The fourth-order valence-corrected chi connectivity index (χ4v) is 6.31. The summed E-state index contributed by atoms with van der Waals surface area (Å²) < 4.78 is 7.09. The van der Waals surface area contributed by atoms with Crippen LogP contribution in [-0.2, 0) is 49.6 Å². The standard InChI is InChI=1S/C40H51N17O10/c1-7-11-41-29(58)8-12-44-37(63)32-49-26(19-55(32)4)47-30(59)9-13-42-35(61)24-15-22(17-53(24)2)45-38(64)33-50-27(20-56(33)5)48-31(60)10-14-43-36(62)25-16-23(18-54(25)3)46-39(65)34-51-28(21-57(34)6)52-40(66)67/h15-21,52H,7-14H2,1-6H3,(H,41,58)(H,42,61)(H,43,62)(H,44,63)(H,45,64)(H,46,65)(H,47,59)(H,48,60)(H,66,67). The number of hydrogen-bond acceptors (Lipinski definition) is 12. The molecular weight excluding hydrogens is 879 g/mol. The molecule has 0 aliphatic heterocycles. The molecule has 5 aromatic heterocycles. The van der Waals surface area contributed by atoms with Gasteiger partial charge in [0.1, 0.15) is 11.4 Å². The Morgan fingerprint density at radius 1 is 0.448 bits per heavy atom. The zero-order chi connectivity index (χ0) is 48.9. The molecule has 0 atom stereocenters. The highest BCUT2D eigenvalue weighted by Crippen LogP contribution is 2.17. The van der Waals surface area contributed by atoms with Crippen molar-refractivity contribution >= 4 is 82.2 Å². The fourth-order valence-electron chi connectivity index (χ4n) is 6.31. The van der Waals surface area contributed by atoms with E-state index in [0.717, 1.165) is 6.42 Å². The number of aryl methyl sites for hydroxylation is 5. The molecule has 0 aliphatic carbocycles. The van der Waals surface area contributed by atoms with Gasteiger partial charge >= 0.3 is 6.09 Å². The molecule has 27 nitrogen and oxygen atoms in total. The lowest BCUT2D eigenvalue weighted by Crippen LogP contribution is -2.32. The van der Waals surface area contributed by atoms with Crippen molar-refractivity contribution in [1.82, 2.24) is 59.1 Å². The van der Waals surface area contributed by atoms with Gasteiger partial charge in [0.15, 0.2) is 17.5 Å². The number of nitrogens with one attached hydrogen (secondary N) is 9. The second-order valence-electron chi connectivity index (χ2n) is 14.9. The highest BCUT2D eigenvalue weighted by Gasteiger charge is 2.21. The second kappa shape index (κ2) is 22.2. The van der Waals surface area contributed by atoms with Crippen LogP contribution in [0.5, 0.6) is 0 Å². The zero-order valence-corrected chi connectivity index (χ0v) is 37.4. The van der Waals surface area contributed by atoms with Crippen LogP contribution in [-0.4, -0.2) is 122 Å². The quantitative estimate of drug-likeness (QED) is 0.0475. The van der Waals surface area contributed by atoms with Gasteiger partial charge in [-0.2, -0.15) is 0 Å². The Bertz CT molecular complexity index is 2700. The minimum atomic E-state index is -1.34. The normalized spacial score (nSPS) is 10.7. The number of nitrogens with zero attached hydrogens (tertiary/aromatic N) is 8. The van der Waals surface area contributed by atoms with Crippen LogP contribution in [0.3, 0.4) is 0 Å². The van der Waals surface area contributed by atoms with Gasteiger partial charge in [0, 0.05) is 112 Å². The lowest BCUT2D eigenvalue weighted by molar-refractivity contribution is -0.121. The Kier molecular flexibility index (Phi) is 16.3. The van der Waals surface area contributed by atoms with Gasteiger partial charge in [-0.3, -0.25) is 43.7 Å². The summed E-state index contributed by atoms with van der Waals surface area (Å²) in [6.45, 7) is 2.48. The number of imidazole rings is 3. The Balaban J connectivity index is 1.03. The van der Waals surface area contributed by atoms with E-state index in [1.54, 1.807) is 28.2 Å². The maximum atomic E-state index is 13.2. The molecular formula is C40H51N17O10. The minimum Gasteiger partial charge on any atom is -0.465 e. The topological polar surface area (TPSA) is 345 Å². The van der Waals surface area contributed by atoms with Crippen molar-refractivity contribution in [2.75, 3.05) is 52.8 Å². The minimum absolute atomic E-state index is 0.0298. The predicted octanol–water partition coefficient (Wildman–Crippen LogP) is 0.322. The first-order chi connectivity index (χ1) is 31.8.